The van der Waals surface area contributed by atoms with E-state index in [0.29, 0.717) is 0 Å². The minimum Gasteiger partial charge on any atom is -0.459 e. The molecule has 3 heterocycles. The van der Waals surface area contributed by atoms with Gasteiger partial charge in [0.1, 0.15) is 67.0 Å². The fourth-order valence-corrected chi connectivity index (χ4v) is 5.73. The summed E-state index contributed by atoms with van der Waals surface area (Å²) < 4.78 is 28.7. The maximum absolute atomic E-state index is 12.1. The first-order valence-electron chi connectivity index (χ1n) is 13.1. The molecule has 0 unspecified atom stereocenters. The topological polar surface area (TPSA) is 284 Å². The third-order valence-corrected chi connectivity index (χ3v) is 7.67. The number of ether oxygens (including phenoxy) is 5. The van der Waals surface area contributed by atoms with Crippen LogP contribution in [0.5, 0.6) is 0 Å². The number of hydrogen-bond donors (Lipinski definition) is 10. The van der Waals surface area contributed by atoms with Crippen LogP contribution in [0, 0.1) is 5.92 Å². The van der Waals surface area contributed by atoms with E-state index < -0.39 is 123 Å². The molecule has 15 atom stereocenters. The first-order chi connectivity index (χ1) is 19.4. The van der Waals surface area contributed by atoms with Crippen LogP contribution in [-0.2, 0) is 33.3 Å². The SMILES string of the molecule is CC(=O)N[C@H]1[C@H](O[C@H]2[C@@H](O)[C@@H](NC(C)=O)[C@H](O[C@H]3[C@H](O)[C@H]4N=C(N)O[C@H]4[C@@H]3CO)O[C@@H]2CO)O[C@H](CO)[C@@H](O)[C@H]1O. The Morgan fingerprint density at radius 1 is 0.805 bits per heavy atom. The van der Waals surface area contributed by atoms with Gasteiger partial charge in [0.15, 0.2) is 12.6 Å². The summed E-state index contributed by atoms with van der Waals surface area (Å²) in [7, 11) is 0. The Kier molecular flexibility index (Phi) is 10.0. The number of amides is 2. The molecule has 2 saturated heterocycles. The fourth-order valence-electron chi connectivity index (χ4n) is 5.73. The molecule has 0 bridgehead atoms. The number of aliphatic imine (C=N–C) groups is 1. The number of carbonyl (C=O) groups is 2. The van der Waals surface area contributed by atoms with Crippen molar-refractivity contribution in [3.63, 3.8) is 0 Å². The third kappa shape index (κ3) is 6.27. The zero-order valence-corrected chi connectivity index (χ0v) is 22.3. The molecule has 0 aromatic heterocycles. The van der Waals surface area contributed by atoms with E-state index >= 15 is 0 Å². The van der Waals surface area contributed by atoms with Crippen molar-refractivity contribution in [3.8, 4) is 0 Å². The van der Waals surface area contributed by atoms with Crippen LogP contribution in [0.1, 0.15) is 13.8 Å². The van der Waals surface area contributed by atoms with Crippen LogP contribution in [0.3, 0.4) is 0 Å². The second-order valence-corrected chi connectivity index (χ2v) is 10.5. The molecule has 1 aliphatic carbocycles. The molecule has 18 heteroatoms. The number of nitrogens with two attached hydrogens (primary N) is 1. The maximum Gasteiger partial charge on any atom is 0.282 e. The van der Waals surface area contributed by atoms with Crippen molar-refractivity contribution < 1.29 is 69.0 Å². The molecule has 0 aromatic rings. The Morgan fingerprint density at radius 2 is 1.34 bits per heavy atom. The van der Waals surface area contributed by atoms with E-state index in [9.17, 15) is 45.3 Å². The molecule has 18 nitrogen and oxygen atoms in total. The minimum absolute atomic E-state index is 0.152. The van der Waals surface area contributed by atoms with Crippen LogP contribution in [0.4, 0.5) is 0 Å². The maximum atomic E-state index is 12.1. The van der Waals surface area contributed by atoms with Gasteiger partial charge < -0.3 is 75.8 Å². The summed E-state index contributed by atoms with van der Waals surface area (Å²) in [5.74, 6) is -2.05. The van der Waals surface area contributed by atoms with Gasteiger partial charge in [-0.05, 0) is 0 Å². The molecule has 0 radical (unpaired) electrons. The highest BCUT2D eigenvalue weighted by Crippen LogP contribution is 2.39. The van der Waals surface area contributed by atoms with E-state index in [1.54, 1.807) is 0 Å². The van der Waals surface area contributed by atoms with Crippen LogP contribution in [0.25, 0.3) is 0 Å². The second-order valence-electron chi connectivity index (χ2n) is 10.5. The van der Waals surface area contributed by atoms with E-state index in [2.05, 4.69) is 15.6 Å². The highest BCUT2D eigenvalue weighted by atomic mass is 16.7. The number of amidine groups is 1. The van der Waals surface area contributed by atoms with Gasteiger partial charge in [-0.15, -0.1) is 0 Å². The number of aliphatic hydroxyl groups is 7. The number of rotatable bonds is 9. The second kappa shape index (κ2) is 13.0. The van der Waals surface area contributed by atoms with Crippen LogP contribution in [0.15, 0.2) is 4.99 Å². The highest BCUT2D eigenvalue weighted by Gasteiger charge is 2.58. The molecular weight excluding hydrogens is 556 g/mol. The van der Waals surface area contributed by atoms with Gasteiger partial charge in [0, 0.05) is 13.8 Å². The predicted octanol–water partition coefficient (Wildman–Crippen LogP) is -6.65. The molecule has 234 valence electrons. The summed E-state index contributed by atoms with van der Waals surface area (Å²) in [4.78, 5) is 27.9. The lowest BCUT2D eigenvalue weighted by molar-refractivity contribution is -0.339. The average molecular weight is 595 g/mol. The van der Waals surface area contributed by atoms with Crippen molar-refractivity contribution in [2.45, 2.75) is 99.5 Å². The lowest BCUT2D eigenvalue weighted by Crippen LogP contribution is -2.69. The molecule has 1 saturated carbocycles. The number of carbonyl (C=O) groups excluding carboxylic acids is 2. The van der Waals surface area contributed by atoms with Gasteiger partial charge in [0.05, 0.1) is 31.8 Å². The quantitative estimate of drug-likeness (QED) is 0.119. The van der Waals surface area contributed by atoms with E-state index in [1.807, 2.05) is 0 Å². The molecule has 0 spiro atoms. The Balaban J connectivity index is 1.57. The lowest BCUT2D eigenvalue weighted by atomic mass is 9.94. The smallest absolute Gasteiger partial charge is 0.282 e. The predicted molar refractivity (Wildman–Crippen MR) is 131 cm³/mol. The number of aliphatic hydroxyl groups excluding tert-OH is 7. The Morgan fingerprint density at radius 3 is 1.88 bits per heavy atom. The fraction of sp³-hybridized carbons (Fsp3) is 0.870. The monoisotopic (exact) mass is 594 g/mol. The summed E-state index contributed by atoms with van der Waals surface area (Å²) in [6.45, 7) is 0.333. The number of hydrogen-bond acceptors (Lipinski definition) is 16. The standard InChI is InChI=1S/C23H38N4O14/c1-6(31)25-12-15(34)14(33)9(4-29)37-21(12)40-20-10(5-30)38-22(13(17(20)36)26-7(2)32)39-19-8(3-28)18-11(16(19)35)27-23(24)41-18/h8-22,28-30,33-36H,3-5H2,1-2H3,(H2,24,27)(H,25,31)(H,26,32)/t8-,9+,10+,11+,12+,13+,14+,15-,16+,17-,18-,19+,20+,21-,22-/m0/s1. The van der Waals surface area contributed by atoms with E-state index in [1.165, 1.54) is 0 Å². The summed E-state index contributed by atoms with van der Waals surface area (Å²) >= 11 is 0. The molecular formula is C23H38N4O14. The highest BCUT2D eigenvalue weighted by molar-refractivity contribution is 5.74. The van der Waals surface area contributed by atoms with E-state index in [0.717, 1.165) is 13.8 Å². The molecule has 4 rings (SSSR count). The molecule has 3 fully saturated rings. The molecule has 2 amide bonds. The zero-order chi connectivity index (χ0) is 30.2. The van der Waals surface area contributed by atoms with Gasteiger partial charge in [0.25, 0.3) is 6.02 Å². The number of nitrogens with one attached hydrogen (secondary N) is 2. The van der Waals surface area contributed by atoms with Gasteiger partial charge >= 0.3 is 0 Å². The molecule has 4 aliphatic rings. The third-order valence-electron chi connectivity index (χ3n) is 7.67. The van der Waals surface area contributed by atoms with Crippen LogP contribution in [0.2, 0.25) is 0 Å². The number of fused-ring (bicyclic) bond motifs is 1. The van der Waals surface area contributed by atoms with Crippen molar-refractivity contribution in [1.82, 2.24) is 10.6 Å². The van der Waals surface area contributed by atoms with E-state index in [-0.39, 0.29) is 6.02 Å². The van der Waals surface area contributed by atoms with Gasteiger partial charge in [-0.2, -0.15) is 0 Å². The molecule has 3 aliphatic heterocycles. The van der Waals surface area contributed by atoms with E-state index in [4.69, 9.17) is 29.4 Å². The largest absolute Gasteiger partial charge is 0.459 e. The summed E-state index contributed by atoms with van der Waals surface area (Å²) in [6.07, 6.45) is -15.4. The summed E-state index contributed by atoms with van der Waals surface area (Å²) in [5, 5.41) is 77.6. The minimum atomic E-state index is -1.68. The van der Waals surface area contributed by atoms with Gasteiger partial charge in [-0.3, -0.25) is 9.59 Å². The Labute approximate surface area is 234 Å². The van der Waals surface area contributed by atoms with Gasteiger partial charge in [-0.25, -0.2) is 4.99 Å². The summed E-state index contributed by atoms with van der Waals surface area (Å²) in [5.41, 5.74) is 5.60. The normalized spacial score (nSPS) is 45.9. The van der Waals surface area contributed by atoms with Gasteiger partial charge in [-0.1, -0.05) is 0 Å². The average Bonchev–Trinajstić information content (AvgIpc) is 3.41. The molecule has 0 aromatic carbocycles. The molecule has 41 heavy (non-hydrogen) atoms. The van der Waals surface area contributed by atoms with Crippen molar-refractivity contribution >= 4 is 17.8 Å². The Bertz CT molecular complexity index is 975. The first-order valence-corrected chi connectivity index (χ1v) is 13.1. The van der Waals surface area contributed by atoms with Crippen molar-refractivity contribution in [1.29, 1.82) is 0 Å². The first kappa shape index (κ1) is 31.7. The van der Waals surface area contributed by atoms with Crippen molar-refractivity contribution in [3.05, 3.63) is 0 Å². The van der Waals surface area contributed by atoms with Crippen LogP contribution < -0.4 is 16.4 Å². The Hall–Kier alpha value is -2.23. The number of nitrogens with zero attached hydrogens (tertiary/aromatic N) is 1. The van der Waals surface area contributed by atoms with Crippen LogP contribution in [-0.4, -0.2) is 159 Å². The summed E-state index contributed by atoms with van der Waals surface area (Å²) in [6, 6.07) is -3.73. The van der Waals surface area contributed by atoms with Crippen molar-refractivity contribution in [2.75, 3.05) is 19.8 Å². The van der Waals surface area contributed by atoms with Crippen LogP contribution >= 0.6 is 0 Å². The van der Waals surface area contributed by atoms with Crippen molar-refractivity contribution in [2.24, 2.45) is 16.6 Å². The molecule has 11 N–H and O–H groups in total. The lowest BCUT2D eigenvalue weighted by Gasteiger charge is -2.48. The van der Waals surface area contributed by atoms with Gasteiger partial charge in [0.2, 0.25) is 11.8 Å². The zero-order valence-electron chi connectivity index (χ0n) is 22.3.